The lowest BCUT2D eigenvalue weighted by molar-refractivity contribution is -0.988. The molecule has 1 aromatic carbocycles. The van der Waals surface area contributed by atoms with Crippen LogP contribution in [0.3, 0.4) is 0 Å². The number of rotatable bonds is 6. The van der Waals surface area contributed by atoms with Gasteiger partial charge in [0.1, 0.15) is 12.8 Å². The van der Waals surface area contributed by atoms with Crippen molar-refractivity contribution in [1.82, 2.24) is 24.3 Å². The molecule has 4 fully saturated rings. The highest BCUT2D eigenvalue weighted by molar-refractivity contribution is 5.58. The zero-order valence-corrected chi connectivity index (χ0v) is 21.7. The summed E-state index contributed by atoms with van der Waals surface area (Å²) in [6, 6.07) is 5.79. The average Bonchev–Trinajstić information content (AvgIpc) is 3.62. The van der Waals surface area contributed by atoms with Crippen LogP contribution in [0, 0.1) is 0 Å². The molecular formula is C26H28F7N6O+. The van der Waals surface area contributed by atoms with E-state index in [-0.39, 0.29) is 41.9 Å². The zero-order chi connectivity index (χ0) is 28.8. The Balaban J connectivity index is 1.40. The first-order valence-corrected chi connectivity index (χ1v) is 12.8. The molecule has 0 saturated carbocycles. The smallest absolute Gasteiger partial charge is 0.296 e. The minimum Gasteiger partial charge on any atom is -0.296 e. The van der Waals surface area contributed by atoms with Gasteiger partial charge in [0.05, 0.1) is 23.8 Å². The average molecular weight is 574 g/mol. The van der Waals surface area contributed by atoms with E-state index in [1.807, 2.05) is 0 Å². The number of nitrogens with zero attached hydrogens (tertiary/aromatic N) is 5. The van der Waals surface area contributed by atoms with Gasteiger partial charge in [-0.25, -0.2) is 13.6 Å². The van der Waals surface area contributed by atoms with Gasteiger partial charge in [0.15, 0.2) is 6.67 Å². The van der Waals surface area contributed by atoms with E-state index >= 15 is 13.2 Å². The number of aromatic nitrogens is 2. The summed E-state index contributed by atoms with van der Waals surface area (Å²) in [6.45, 7) is 1.79. The largest absolute Gasteiger partial charge is 0.418 e. The van der Waals surface area contributed by atoms with Crippen LogP contribution in [0.4, 0.5) is 30.7 Å². The number of nitrogens with one attached hydrogen (secondary N) is 1. The Morgan fingerprint density at radius 3 is 2.45 bits per heavy atom. The second-order valence-electron chi connectivity index (χ2n) is 11.4. The Labute approximate surface area is 224 Å². The van der Waals surface area contributed by atoms with Gasteiger partial charge >= 0.3 is 17.8 Å². The number of quaternary nitrogens is 1. The van der Waals surface area contributed by atoms with Crippen LogP contribution in [0.1, 0.15) is 30.0 Å². The van der Waals surface area contributed by atoms with Crippen LogP contribution in [0.2, 0.25) is 0 Å². The lowest BCUT2D eigenvalue weighted by Crippen LogP contribution is -2.76. The molecule has 7 nitrogen and oxygen atoms in total. The second-order valence-corrected chi connectivity index (χ2v) is 11.4. The molecule has 4 saturated heterocycles. The number of hydrogen-bond acceptors (Lipinski definition) is 4. The van der Waals surface area contributed by atoms with Crippen molar-refractivity contribution in [3.05, 3.63) is 69.9 Å². The SMILES string of the molecule is C[C@](F)(c1cccc(-n2cc3c(C(F)(F)F)cc(CN4CC[C@H](F)C4)cn3c2=O)c1)C(F)(F)C1N2C[N+]1(C)CN2. The van der Waals surface area contributed by atoms with Gasteiger partial charge in [0, 0.05) is 32.0 Å². The van der Waals surface area contributed by atoms with Gasteiger partial charge < -0.3 is 0 Å². The fourth-order valence-corrected chi connectivity index (χ4v) is 6.17. The molecule has 2 aromatic heterocycles. The van der Waals surface area contributed by atoms with Crippen LogP contribution < -0.4 is 11.1 Å². The molecule has 0 aliphatic carbocycles. The van der Waals surface area contributed by atoms with Gasteiger partial charge in [0.2, 0.25) is 11.8 Å². The molecule has 1 N–H and O–H groups in total. The number of imidazole rings is 1. The fourth-order valence-electron chi connectivity index (χ4n) is 6.17. The number of hydrogen-bond donors (Lipinski definition) is 1. The molecule has 6 heterocycles. The van der Waals surface area contributed by atoms with Crippen LogP contribution >= 0.6 is 0 Å². The van der Waals surface area contributed by atoms with Crippen molar-refractivity contribution in [2.45, 2.75) is 50.0 Å². The van der Waals surface area contributed by atoms with Gasteiger partial charge in [-0.15, -0.1) is 5.01 Å². The Bertz CT molecular complexity index is 1530. The Morgan fingerprint density at radius 2 is 1.85 bits per heavy atom. The lowest BCUT2D eigenvalue weighted by Gasteiger charge is -2.51. The van der Waals surface area contributed by atoms with Crippen molar-refractivity contribution < 1.29 is 35.2 Å². The highest BCUT2D eigenvalue weighted by Crippen LogP contribution is 2.51. The third kappa shape index (κ3) is 4.06. The summed E-state index contributed by atoms with van der Waals surface area (Å²) in [5.74, 6) is -3.84. The zero-order valence-electron chi connectivity index (χ0n) is 21.7. The van der Waals surface area contributed by atoms with Crippen molar-refractivity contribution in [2.24, 2.45) is 0 Å². The number of halogens is 7. The molecule has 216 valence electrons. The van der Waals surface area contributed by atoms with Gasteiger partial charge in [0.25, 0.3) is 0 Å². The van der Waals surface area contributed by atoms with E-state index in [0.717, 1.165) is 34.2 Å². The maximum atomic E-state index is 16.0. The predicted molar refractivity (Wildman–Crippen MR) is 131 cm³/mol. The topological polar surface area (TPSA) is 44.9 Å². The molecular weight excluding hydrogens is 545 g/mol. The molecule has 14 heteroatoms. The van der Waals surface area contributed by atoms with Crippen LogP contribution in [0.5, 0.6) is 0 Å². The molecule has 0 spiro atoms. The van der Waals surface area contributed by atoms with Crippen molar-refractivity contribution in [3.8, 4) is 5.69 Å². The molecule has 4 aliphatic rings. The van der Waals surface area contributed by atoms with Crippen molar-refractivity contribution in [1.29, 1.82) is 0 Å². The van der Waals surface area contributed by atoms with Gasteiger partial charge in [-0.1, -0.05) is 12.1 Å². The monoisotopic (exact) mass is 573 g/mol. The lowest BCUT2D eigenvalue weighted by atomic mass is 9.87. The van der Waals surface area contributed by atoms with E-state index in [0.29, 0.717) is 13.2 Å². The molecule has 0 amide bonds. The van der Waals surface area contributed by atoms with Crippen LogP contribution in [0.15, 0.2) is 47.5 Å². The van der Waals surface area contributed by atoms with Crippen LogP contribution in [-0.4, -0.2) is 75.1 Å². The summed E-state index contributed by atoms with van der Waals surface area (Å²) in [5.41, 5.74) is -3.04. The van der Waals surface area contributed by atoms with Gasteiger partial charge in [-0.05, 0) is 42.7 Å². The van der Waals surface area contributed by atoms with E-state index < -0.39 is 52.4 Å². The molecule has 2 bridgehead atoms. The molecule has 0 radical (unpaired) electrons. The fraction of sp³-hybridized carbons (Fsp3) is 0.500. The van der Waals surface area contributed by atoms with Gasteiger partial charge in [-0.2, -0.15) is 27.4 Å². The Hall–Kier alpha value is -2.94. The minimum atomic E-state index is -4.81. The third-order valence-corrected chi connectivity index (χ3v) is 8.36. The predicted octanol–water partition coefficient (Wildman–Crippen LogP) is 3.99. The van der Waals surface area contributed by atoms with E-state index in [9.17, 15) is 22.4 Å². The summed E-state index contributed by atoms with van der Waals surface area (Å²) in [7, 11) is 1.60. The normalized spacial score (nSPS) is 28.7. The second kappa shape index (κ2) is 8.78. The number of likely N-dealkylation sites (tertiary alicyclic amines) is 1. The molecule has 7 rings (SSSR count). The first-order valence-electron chi connectivity index (χ1n) is 12.8. The highest BCUT2D eigenvalue weighted by Gasteiger charge is 2.74. The minimum absolute atomic E-state index is 0.0201. The van der Waals surface area contributed by atoms with E-state index in [4.69, 9.17) is 0 Å². The first kappa shape index (κ1) is 27.2. The van der Waals surface area contributed by atoms with E-state index in [2.05, 4.69) is 5.43 Å². The highest BCUT2D eigenvalue weighted by atomic mass is 19.4. The number of benzene rings is 1. The van der Waals surface area contributed by atoms with Gasteiger partial charge in [-0.3, -0.25) is 18.4 Å². The molecule has 4 aliphatic heterocycles. The quantitative estimate of drug-likeness (QED) is 0.358. The van der Waals surface area contributed by atoms with Crippen molar-refractivity contribution in [2.75, 3.05) is 33.5 Å². The molecule has 5 atom stereocenters. The standard InChI is InChI=1S/C26H28F7N6O/c1-24(28,25(29,30)22-38-15-39(22,2)14-34-38)17-4-3-5-19(9-17)36-13-21-20(26(31,32)33)8-16(11-37(21)23(36)40)10-35-7-6-18(27)12-35/h3-5,8-9,11,13,18,22,34H,6-7,10,12,14-15H2,1-2H3/q+1/t18-,22?,24-,39?/m0/s1. The number of pyridine rings is 1. The molecule has 3 unspecified atom stereocenters. The summed E-state index contributed by atoms with van der Waals surface area (Å²) < 4.78 is 105. The Morgan fingerprint density at radius 1 is 1.10 bits per heavy atom. The number of hydrazine groups is 1. The maximum Gasteiger partial charge on any atom is 0.418 e. The molecule has 3 aromatic rings. The summed E-state index contributed by atoms with van der Waals surface area (Å²) >= 11 is 0. The van der Waals surface area contributed by atoms with Crippen LogP contribution in [-0.2, 0) is 18.4 Å². The van der Waals surface area contributed by atoms with Crippen molar-refractivity contribution in [3.63, 3.8) is 0 Å². The number of alkyl halides is 7. The summed E-state index contributed by atoms with van der Waals surface area (Å²) in [6.07, 6.45) is -4.81. The third-order valence-electron chi connectivity index (χ3n) is 8.36. The first-order chi connectivity index (χ1) is 18.6. The summed E-state index contributed by atoms with van der Waals surface area (Å²) in [5, 5.41) is 1.29. The van der Waals surface area contributed by atoms with Crippen LogP contribution in [0.25, 0.3) is 11.2 Å². The van der Waals surface area contributed by atoms with Crippen molar-refractivity contribution >= 4 is 5.52 Å². The number of fused-ring (bicyclic) bond motifs is 2. The maximum absolute atomic E-state index is 16.0. The molecule has 40 heavy (non-hydrogen) atoms. The van der Waals surface area contributed by atoms with E-state index in [1.54, 1.807) is 11.9 Å². The van der Waals surface area contributed by atoms with E-state index in [1.165, 1.54) is 29.4 Å². The summed E-state index contributed by atoms with van der Waals surface area (Å²) in [4.78, 5) is 15.0. The Kier molecular flexibility index (Phi) is 5.98.